The highest BCUT2D eigenvalue weighted by molar-refractivity contribution is 9.10. The Morgan fingerprint density at radius 2 is 1.86 bits per heavy atom. The Morgan fingerprint density at radius 3 is 2.36 bits per heavy atom. The van der Waals surface area contributed by atoms with Gasteiger partial charge in [0, 0.05) is 4.47 Å². The average Bonchev–Trinajstić information content (AvgIpc) is 2.16. The number of aliphatic hydroxyl groups excluding tert-OH is 1. The van der Waals surface area contributed by atoms with Gasteiger partial charge in [-0.2, -0.15) is 8.42 Å². The SMILES string of the molecule is O=S(=O)(OCCO)c1ccc(Br)cc1. The van der Waals surface area contributed by atoms with Crippen LogP contribution >= 0.6 is 15.9 Å². The maximum Gasteiger partial charge on any atom is 0.297 e. The van der Waals surface area contributed by atoms with Crippen LogP contribution in [0.15, 0.2) is 33.6 Å². The highest BCUT2D eigenvalue weighted by Crippen LogP contribution is 2.16. The molecule has 0 fully saturated rings. The zero-order valence-corrected chi connectivity index (χ0v) is 9.58. The molecule has 0 saturated carbocycles. The molecule has 1 rings (SSSR count). The third-order valence-electron chi connectivity index (χ3n) is 1.43. The Bertz CT molecular complexity index is 384. The van der Waals surface area contributed by atoms with Gasteiger partial charge in [0.25, 0.3) is 10.1 Å². The van der Waals surface area contributed by atoms with E-state index in [4.69, 9.17) is 5.11 Å². The molecule has 6 heteroatoms. The monoisotopic (exact) mass is 280 g/mol. The van der Waals surface area contributed by atoms with Gasteiger partial charge in [0.1, 0.15) is 0 Å². The molecule has 0 aliphatic heterocycles. The summed E-state index contributed by atoms with van der Waals surface area (Å²) in [5.74, 6) is 0. The highest BCUT2D eigenvalue weighted by atomic mass is 79.9. The van der Waals surface area contributed by atoms with E-state index in [9.17, 15) is 8.42 Å². The zero-order chi connectivity index (χ0) is 10.6. The van der Waals surface area contributed by atoms with E-state index in [2.05, 4.69) is 20.1 Å². The molecule has 14 heavy (non-hydrogen) atoms. The van der Waals surface area contributed by atoms with Crippen LogP contribution < -0.4 is 0 Å². The van der Waals surface area contributed by atoms with E-state index in [0.29, 0.717) is 0 Å². The molecule has 1 N–H and O–H groups in total. The molecule has 0 radical (unpaired) electrons. The quantitative estimate of drug-likeness (QED) is 0.841. The summed E-state index contributed by atoms with van der Waals surface area (Å²) in [7, 11) is -3.72. The Kier molecular flexibility index (Phi) is 4.06. The van der Waals surface area contributed by atoms with E-state index in [-0.39, 0.29) is 18.1 Å². The summed E-state index contributed by atoms with van der Waals surface area (Å²) in [5.41, 5.74) is 0. The molecule has 0 amide bonds. The van der Waals surface area contributed by atoms with Crippen molar-refractivity contribution in [1.29, 1.82) is 0 Å². The van der Waals surface area contributed by atoms with Crippen molar-refractivity contribution >= 4 is 26.0 Å². The topological polar surface area (TPSA) is 63.6 Å². The molecule has 0 aliphatic rings. The third kappa shape index (κ3) is 3.06. The van der Waals surface area contributed by atoms with Gasteiger partial charge in [-0.05, 0) is 24.3 Å². The fourth-order valence-corrected chi connectivity index (χ4v) is 1.98. The van der Waals surface area contributed by atoms with Gasteiger partial charge in [0.2, 0.25) is 0 Å². The van der Waals surface area contributed by atoms with Crippen molar-refractivity contribution in [2.24, 2.45) is 0 Å². The number of rotatable bonds is 4. The summed E-state index contributed by atoms with van der Waals surface area (Å²) in [6, 6.07) is 6.07. The summed E-state index contributed by atoms with van der Waals surface area (Å²) in [6.45, 7) is -0.547. The van der Waals surface area contributed by atoms with Crippen molar-refractivity contribution in [2.45, 2.75) is 4.90 Å². The van der Waals surface area contributed by atoms with Crippen LogP contribution in [0.3, 0.4) is 0 Å². The van der Waals surface area contributed by atoms with Crippen molar-refractivity contribution < 1.29 is 17.7 Å². The minimum atomic E-state index is -3.72. The van der Waals surface area contributed by atoms with Crippen LogP contribution in [0.2, 0.25) is 0 Å². The van der Waals surface area contributed by atoms with Gasteiger partial charge >= 0.3 is 0 Å². The summed E-state index contributed by atoms with van der Waals surface area (Å²) in [4.78, 5) is 0.0779. The number of benzene rings is 1. The Labute approximate surface area is 90.8 Å². The molecule has 0 bridgehead atoms. The first kappa shape index (κ1) is 11.6. The molecule has 0 aromatic heterocycles. The van der Waals surface area contributed by atoms with E-state index in [1.165, 1.54) is 12.1 Å². The minimum absolute atomic E-state index is 0.0779. The molecule has 0 heterocycles. The number of hydrogen-bond donors (Lipinski definition) is 1. The first-order valence-electron chi connectivity index (χ1n) is 3.82. The van der Waals surface area contributed by atoms with E-state index in [0.717, 1.165) is 4.47 Å². The normalized spacial score (nSPS) is 11.6. The first-order valence-corrected chi connectivity index (χ1v) is 6.02. The van der Waals surface area contributed by atoms with Gasteiger partial charge in [-0.15, -0.1) is 0 Å². The van der Waals surface area contributed by atoms with E-state index >= 15 is 0 Å². The average molecular weight is 281 g/mol. The Morgan fingerprint density at radius 1 is 1.29 bits per heavy atom. The number of halogens is 1. The predicted octanol–water partition coefficient (Wildman–Crippen LogP) is 1.15. The lowest BCUT2D eigenvalue weighted by molar-refractivity contribution is 0.205. The molecule has 0 unspecified atom stereocenters. The minimum Gasteiger partial charge on any atom is -0.394 e. The van der Waals surface area contributed by atoms with E-state index in [1.807, 2.05) is 0 Å². The Balaban J connectivity index is 2.87. The largest absolute Gasteiger partial charge is 0.394 e. The standard InChI is InChI=1S/C8H9BrO4S/c9-7-1-3-8(4-2-7)14(11,12)13-6-5-10/h1-4,10H,5-6H2. The second-order valence-corrected chi connectivity index (χ2v) is 4.98. The van der Waals surface area contributed by atoms with Gasteiger partial charge in [-0.1, -0.05) is 15.9 Å². The lowest BCUT2D eigenvalue weighted by Gasteiger charge is -2.03. The molecule has 1 aromatic rings. The van der Waals surface area contributed by atoms with Gasteiger partial charge in [0.15, 0.2) is 0 Å². The van der Waals surface area contributed by atoms with Crippen LogP contribution in [0.25, 0.3) is 0 Å². The smallest absolute Gasteiger partial charge is 0.297 e. The maximum atomic E-state index is 11.4. The zero-order valence-electron chi connectivity index (χ0n) is 7.18. The second-order valence-electron chi connectivity index (χ2n) is 2.45. The summed E-state index contributed by atoms with van der Waals surface area (Å²) in [6.07, 6.45) is 0. The summed E-state index contributed by atoms with van der Waals surface area (Å²) < 4.78 is 28.0. The third-order valence-corrected chi connectivity index (χ3v) is 3.29. The Hall–Kier alpha value is -0.430. The van der Waals surface area contributed by atoms with Crippen molar-refractivity contribution in [3.05, 3.63) is 28.7 Å². The second kappa shape index (κ2) is 4.88. The molecular weight excluding hydrogens is 272 g/mol. The van der Waals surface area contributed by atoms with Crippen LogP contribution in [-0.4, -0.2) is 26.7 Å². The van der Waals surface area contributed by atoms with Gasteiger partial charge in [-0.3, -0.25) is 4.18 Å². The lowest BCUT2D eigenvalue weighted by atomic mass is 10.4. The number of hydrogen-bond acceptors (Lipinski definition) is 4. The highest BCUT2D eigenvalue weighted by Gasteiger charge is 2.13. The molecule has 0 atom stereocenters. The van der Waals surface area contributed by atoms with Crippen LogP contribution in [-0.2, 0) is 14.3 Å². The fraction of sp³-hybridized carbons (Fsp3) is 0.250. The van der Waals surface area contributed by atoms with Crippen molar-refractivity contribution in [1.82, 2.24) is 0 Å². The van der Waals surface area contributed by atoms with Crippen LogP contribution in [0.1, 0.15) is 0 Å². The summed E-state index contributed by atoms with van der Waals surface area (Å²) in [5, 5.41) is 8.42. The van der Waals surface area contributed by atoms with Crippen molar-refractivity contribution in [3.8, 4) is 0 Å². The maximum absolute atomic E-state index is 11.4. The molecule has 78 valence electrons. The molecule has 4 nitrogen and oxygen atoms in total. The molecule has 0 aliphatic carbocycles. The van der Waals surface area contributed by atoms with E-state index < -0.39 is 10.1 Å². The molecule has 0 saturated heterocycles. The summed E-state index contributed by atoms with van der Waals surface area (Å²) >= 11 is 3.19. The molecule has 0 spiro atoms. The lowest BCUT2D eigenvalue weighted by Crippen LogP contribution is -2.09. The van der Waals surface area contributed by atoms with E-state index in [1.54, 1.807) is 12.1 Å². The fourth-order valence-electron chi connectivity index (χ4n) is 0.816. The van der Waals surface area contributed by atoms with Crippen LogP contribution in [0.4, 0.5) is 0 Å². The predicted molar refractivity (Wildman–Crippen MR) is 54.4 cm³/mol. The van der Waals surface area contributed by atoms with Crippen molar-refractivity contribution in [3.63, 3.8) is 0 Å². The van der Waals surface area contributed by atoms with Crippen LogP contribution in [0, 0.1) is 0 Å². The van der Waals surface area contributed by atoms with Crippen molar-refractivity contribution in [2.75, 3.05) is 13.2 Å². The van der Waals surface area contributed by atoms with Crippen LogP contribution in [0.5, 0.6) is 0 Å². The first-order chi connectivity index (χ1) is 6.56. The van der Waals surface area contributed by atoms with Gasteiger partial charge in [-0.25, -0.2) is 0 Å². The molecular formula is C8H9BrO4S. The van der Waals surface area contributed by atoms with Gasteiger partial charge < -0.3 is 5.11 Å². The molecule has 1 aromatic carbocycles. The number of aliphatic hydroxyl groups is 1. The van der Waals surface area contributed by atoms with Gasteiger partial charge in [0.05, 0.1) is 18.1 Å².